The molecule has 2 amide bonds. The van der Waals surface area contributed by atoms with Gasteiger partial charge in [0.25, 0.3) is 0 Å². The van der Waals surface area contributed by atoms with E-state index in [-0.39, 0.29) is 54.2 Å². The highest BCUT2D eigenvalue weighted by molar-refractivity contribution is 7.89. The van der Waals surface area contributed by atoms with E-state index in [2.05, 4.69) is 5.32 Å². The van der Waals surface area contributed by atoms with Crippen LogP contribution in [0.25, 0.3) is 0 Å². The van der Waals surface area contributed by atoms with Crippen LogP contribution in [-0.4, -0.2) is 56.9 Å². The molecular weight excluding hydrogens is 392 g/mol. The first-order valence-electron chi connectivity index (χ1n) is 8.65. The Bertz CT molecular complexity index is 832. The zero-order chi connectivity index (χ0) is 19.1. The molecule has 150 valence electrons. The summed E-state index contributed by atoms with van der Waals surface area (Å²) in [7, 11) is -3.85. The van der Waals surface area contributed by atoms with Crippen LogP contribution in [0.1, 0.15) is 20.3 Å². The minimum atomic E-state index is -3.85. The summed E-state index contributed by atoms with van der Waals surface area (Å²) in [6.45, 7) is 5.64. The summed E-state index contributed by atoms with van der Waals surface area (Å²) in [6.07, 6.45) is 0.128. The number of nitrogens with two attached hydrogens (primary N) is 1. The second-order valence-electron chi connectivity index (χ2n) is 6.96. The lowest BCUT2D eigenvalue weighted by atomic mass is 10.0. The van der Waals surface area contributed by atoms with Crippen LogP contribution >= 0.6 is 12.4 Å². The molecule has 0 bridgehead atoms. The lowest BCUT2D eigenvalue weighted by molar-refractivity contribution is -0.139. The van der Waals surface area contributed by atoms with Gasteiger partial charge in [0.1, 0.15) is 0 Å². The Balaban J connectivity index is 0.00000261. The average molecular weight is 417 g/mol. The minimum absolute atomic E-state index is 0. The third-order valence-corrected chi connectivity index (χ3v) is 6.16. The Hall–Kier alpha value is -1.68. The number of carbonyl (C=O) groups is 2. The molecule has 3 rings (SSSR count). The van der Waals surface area contributed by atoms with Crippen molar-refractivity contribution in [3.8, 4) is 0 Å². The van der Waals surface area contributed by atoms with Gasteiger partial charge in [-0.25, -0.2) is 13.6 Å². The molecule has 8 nitrogen and oxygen atoms in total. The number of nitrogens with one attached hydrogen (secondary N) is 1. The van der Waals surface area contributed by atoms with Crippen molar-refractivity contribution in [2.24, 2.45) is 11.1 Å². The number of piperazine rings is 1. The van der Waals surface area contributed by atoms with Crippen molar-refractivity contribution in [2.75, 3.05) is 24.5 Å². The van der Waals surface area contributed by atoms with Crippen LogP contribution in [0, 0.1) is 5.92 Å². The first kappa shape index (κ1) is 21.6. The fourth-order valence-corrected chi connectivity index (χ4v) is 4.11. The number of nitrogens with zero attached hydrogens (tertiary/aromatic N) is 2. The van der Waals surface area contributed by atoms with Gasteiger partial charge in [0.15, 0.2) is 0 Å². The van der Waals surface area contributed by atoms with E-state index in [0.717, 1.165) is 6.54 Å². The summed E-state index contributed by atoms with van der Waals surface area (Å²) in [5.74, 6) is -0.636. The number of amides is 2. The zero-order valence-corrected chi connectivity index (χ0v) is 16.9. The lowest BCUT2D eigenvalue weighted by Gasteiger charge is -2.39. The quantitative estimate of drug-likeness (QED) is 0.736. The van der Waals surface area contributed by atoms with E-state index < -0.39 is 15.9 Å². The van der Waals surface area contributed by atoms with Crippen LogP contribution in [0.2, 0.25) is 0 Å². The zero-order valence-electron chi connectivity index (χ0n) is 15.3. The van der Waals surface area contributed by atoms with Gasteiger partial charge in [-0.3, -0.25) is 9.59 Å². The van der Waals surface area contributed by atoms with Gasteiger partial charge in [0, 0.05) is 43.8 Å². The number of carbonyl (C=O) groups excluding carboxylic acids is 2. The molecule has 2 fully saturated rings. The smallest absolute Gasteiger partial charge is 0.238 e. The molecule has 2 aliphatic rings. The summed E-state index contributed by atoms with van der Waals surface area (Å²) < 4.78 is 23.1. The van der Waals surface area contributed by atoms with Crippen molar-refractivity contribution in [3.05, 3.63) is 24.3 Å². The minimum Gasteiger partial charge on any atom is -0.337 e. The molecule has 2 saturated heterocycles. The maximum Gasteiger partial charge on any atom is 0.238 e. The van der Waals surface area contributed by atoms with Crippen LogP contribution in [0.3, 0.4) is 0 Å². The van der Waals surface area contributed by atoms with E-state index in [1.165, 1.54) is 23.1 Å². The van der Waals surface area contributed by atoms with Crippen LogP contribution in [0.4, 0.5) is 5.69 Å². The van der Waals surface area contributed by atoms with Gasteiger partial charge >= 0.3 is 0 Å². The molecule has 0 radical (unpaired) electrons. The van der Waals surface area contributed by atoms with E-state index >= 15 is 0 Å². The molecule has 1 aromatic rings. The van der Waals surface area contributed by atoms with Crippen LogP contribution < -0.4 is 15.4 Å². The van der Waals surface area contributed by atoms with Gasteiger partial charge in [-0.15, -0.1) is 12.4 Å². The molecule has 2 aliphatic heterocycles. The van der Waals surface area contributed by atoms with E-state index in [4.69, 9.17) is 5.14 Å². The normalized spacial score (nSPS) is 26.0. The van der Waals surface area contributed by atoms with Crippen molar-refractivity contribution in [3.63, 3.8) is 0 Å². The first-order valence-corrected chi connectivity index (χ1v) is 10.2. The van der Waals surface area contributed by atoms with Crippen molar-refractivity contribution >= 4 is 39.9 Å². The van der Waals surface area contributed by atoms with Crippen molar-refractivity contribution in [1.29, 1.82) is 0 Å². The number of halogens is 1. The number of primary sulfonamides is 1. The average Bonchev–Trinajstić information content (AvgIpc) is 2.98. The maximum atomic E-state index is 12.9. The second-order valence-corrected chi connectivity index (χ2v) is 8.52. The van der Waals surface area contributed by atoms with Crippen molar-refractivity contribution in [1.82, 2.24) is 10.2 Å². The van der Waals surface area contributed by atoms with E-state index in [0.29, 0.717) is 12.2 Å². The van der Waals surface area contributed by atoms with Gasteiger partial charge in [0.2, 0.25) is 21.8 Å². The lowest BCUT2D eigenvalue weighted by Crippen LogP contribution is -2.58. The summed E-state index contributed by atoms with van der Waals surface area (Å²) in [6, 6.07) is 6.20. The topological polar surface area (TPSA) is 113 Å². The van der Waals surface area contributed by atoms with E-state index in [1.54, 1.807) is 6.07 Å². The molecule has 0 aromatic heterocycles. The van der Waals surface area contributed by atoms with E-state index in [9.17, 15) is 18.0 Å². The van der Waals surface area contributed by atoms with Crippen molar-refractivity contribution in [2.45, 2.75) is 37.2 Å². The molecule has 0 aliphatic carbocycles. The van der Waals surface area contributed by atoms with Crippen LogP contribution in [-0.2, 0) is 19.6 Å². The number of rotatable bonds is 3. The summed E-state index contributed by atoms with van der Waals surface area (Å²) in [4.78, 5) is 28.6. The molecule has 1 aromatic carbocycles. The highest BCUT2D eigenvalue weighted by Crippen LogP contribution is 2.28. The van der Waals surface area contributed by atoms with Gasteiger partial charge in [-0.2, -0.15) is 0 Å². The molecule has 3 atom stereocenters. The maximum absolute atomic E-state index is 12.9. The van der Waals surface area contributed by atoms with Gasteiger partial charge in [-0.1, -0.05) is 6.07 Å². The standard InChI is InChI=1S/C17H24N4O4S.ClH/c1-11-12(2)20(7-6-19-11)17(23)13-8-16(22)21(10-13)14-4-3-5-15(9-14)26(18,24)25;/h3-5,9,11-13,19H,6-8,10H2,1-2H3,(H2,18,24,25);1H. The highest BCUT2D eigenvalue weighted by atomic mass is 35.5. The monoisotopic (exact) mass is 416 g/mol. The first-order chi connectivity index (χ1) is 12.2. The fraction of sp³-hybridized carbons (Fsp3) is 0.529. The van der Waals surface area contributed by atoms with Crippen molar-refractivity contribution < 1.29 is 18.0 Å². The molecule has 27 heavy (non-hydrogen) atoms. The van der Waals surface area contributed by atoms with Gasteiger partial charge < -0.3 is 15.1 Å². The largest absolute Gasteiger partial charge is 0.337 e. The van der Waals surface area contributed by atoms with Gasteiger partial charge in [0.05, 0.1) is 10.8 Å². The van der Waals surface area contributed by atoms with Gasteiger partial charge in [-0.05, 0) is 32.0 Å². The molecule has 10 heteroatoms. The Kier molecular flexibility index (Phi) is 6.51. The number of hydrogen-bond acceptors (Lipinski definition) is 5. The summed E-state index contributed by atoms with van der Waals surface area (Å²) in [5, 5.41) is 8.49. The predicted octanol–water partition coefficient (Wildman–Crippen LogP) is 0.318. The Morgan fingerprint density at radius 2 is 2.00 bits per heavy atom. The Morgan fingerprint density at radius 3 is 2.67 bits per heavy atom. The third kappa shape index (κ3) is 4.43. The molecular formula is C17H25ClN4O4S. The van der Waals surface area contributed by atoms with Crippen LogP contribution in [0.15, 0.2) is 29.2 Å². The number of hydrogen-bond donors (Lipinski definition) is 2. The number of anilines is 1. The fourth-order valence-electron chi connectivity index (χ4n) is 3.55. The van der Waals surface area contributed by atoms with Crippen LogP contribution in [0.5, 0.6) is 0 Å². The Morgan fingerprint density at radius 1 is 1.30 bits per heavy atom. The molecule has 3 N–H and O–H groups in total. The second kappa shape index (κ2) is 8.14. The number of benzene rings is 1. The number of sulfonamides is 1. The molecule has 3 unspecified atom stereocenters. The highest BCUT2D eigenvalue weighted by Gasteiger charge is 2.39. The Labute approximate surface area is 165 Å². The SMILES string of the molecule is CC1NCCN(C(=O)C2CC(=O)N(c3cccc(S(N)(=O)=O)c3)C2)C1C.Cl. The predicted molar refractivity (Wildman–Crippen MR) is 104 cm³/mol. The molecule has 2 heterocycles. The van der Waals surface area contributed by atoms with E-state index in [1.807, 2.05) is 18.7 Å². The third-order valence-electron chi connectivity index (χ3n) is 5.25. The summed E-state index contributed by atoms with van der Waals surface area (Å²) >= 11 is 0. The molecule has 0 spiro atoms. The molecule has 0 saturated carbocycles. The summed E-state index contributed by atoms with van der Waals surface area (Å²) in [5.41, 5.74) is 0.443.